The summed E-state index contributed by atoms with van der Waals surface area (Å²) in [5.41, 5.74) is 2.05. The molecule has 0 aliphatic carbocycles. The molecule has 0 bridgehead atoms. The average molecular weight is 380 g/mol. The highest BCUT2D eigenvalue weighted by Crippen LogP contribution is 2.23. The first kappa shape index (κ1) is 19.7. The predicted molar refractivity (Wildman–Crippen MR) is 93.4 cm³/mol. The minimum Gasteiger partial charge on any atom is -0.479 e. The van der Waals surface area contributed by atoms with Gasteiger partial charge in [-0.05, 0) is 44.5 Å². The van der Waals surface area contributed by atoms with E-state index in [-0.39, 0.29) is 11.3 Å². The summed E-state index contributed by atoms with van der Waals surface area (Å²) in [5, 5.41) is 11.5. The summed E-state index contributed by atoms with van der Waals surface area (Å²) in [6.45, 7) is 5.04. The predicted octanol–water partition coefficient (Wildman–Crippen LogP) is 1.67. The van der Waals surface area contributed by atoms with Gasteiger partial charge in [-0.3, -0.25) is 4.79 Å². The van der Waals surface area contributed by atoms with Crippen molar-refractivity contribution >= 4 is 21.9 Å². The van der Waals surface area contributed by atoms with Gasteiger partial charge >= 0.3 is 5.97 Å². The second kappa shape index (κ2) is 7.30. The molecule has 0 aliphatic heterocycles. The number of sulfonamides is 1. The minimum absolute atomic E-state index is 0.0459. The van der Waals surface area contributed by atoms with Crippen LogP contribution < -0.4 is 10.0 Å². The lowest BCUT2D eigenvalue weighted by atomic mass is 9.97. The summed E-state index contributed by atoms with van der Waals surface area (Å²) in [6.07, 6.45) is 0. The first-order chi connectivity index (χ1) is 12.1. The number of furan rings is 1. The maximum atomic E-state index is 12.5. The molecule has 0 radical (unpaired) electrons. The lowest BCUT2D eigenvalue weighted by molar-refractivity contribution is -0.139. The molecular weight excluding hydrogens is 360 g/mol. The molecule has 2 aromatic rings. The Morgan fingerprint density at radius 1 is 1.19 bits per heavy atom. The second-order valence-corrected chi connectivity index (χ2v) is 7.59. The van der Waals surface area contributed by atoms with Gasteiger partial charge < -0.3 is 14.8 Å². The number of benzene rings is 1. The van der Waals surface area contributed by atoms with Crippen LogP contribution in [0.3, 0.4) is 0 Å². The topological polar surface area (TPSA) is 126 Å². The highest BCUT2D eigenvalue weighted by molar-refractivity contribution is 7.89. The number of amides is 1. The maximum absolute atomic E-state index is 12.5. The summed E-state index contributed by atoms with van der Waals surface area (Å²) >= 11 is 0. The molecule has 0 fully saturated rings. The van der Waals surface area contributed by atoms with Crippen LogP contribution in [0.5, 0.6) is 0 Å². The van der Waals surface area contributed by atoms with Crippen LogP contribution in [0.1, 0.15) is 38.9 Å². The Morgan fingerprint density at radius 3 is 2.42 bits per heavy atom. The Labute approximate surface area is 151 Å². The van der Waals surface area contributed by atoms with E-state index in [1.807, 2.05) is 13.0 Å². The van der Waals surface area contributed by atoms with Crippen LogP contribution in [0.25, 0.3) is 0 Å². The number of hydrogen-bond donors (Lipinski definition) is 3. The van der Waals surface area contributed by atoms with Gasteiger partial charge in [0, 0.05) is 6.07 Å². The molecule has 3 N–H and O–H groups in total. The molecule has 0 saturated carbocycles. The molecule has 26 heavy (non-hydrogen) atoms. The summed E-state index contributed by atoms with van der Waals surface area (Å²) in [7, 11) is -2.64. The Morgan fingerprint density at radius 2 is 1.85 bits per heavy atom. The lowest BCUT2D eigenvalue weighted by Gasteiger charge is -2.18. The highest BCUT2D eigenvalue weighted by atomic mass is 32.2. The fourth-order valence-electron chi connectivity index (χ4n) is 2.48. The number of hydrogen-bond acceptors (Lipinski definition) is 5. The van der Waals surface area contributed by atoms with Crippen molar-refractivity contribution in [3.63, 3.8) is 0 Å². The fourth-order valence-corrected chi connectivity index (χ4v) is 3.19. The monoisotopic (exact) mass is 380 g/mol. The van der Waals surface area contributed by atoms with Crippen LogP contribution in [0.2, 0.25) is 0 Å². The Bertz CT molecular complexity index is 962. The van der Waals surface area contributed by atoms with E-state index < -0.39 is 33.0 Å². The lowest BCUT2D eigenvalue weighted by Crippen LogP contribution is -2.34. The second-order valence-electron chi connectivity index (χ2n) is 5.78. The quantitative estimate of drug-likeness (QED) is 0.700. The normalized spacial score (nSPS) is 12.6. The van der Waals surface area contributed by atoms with Crippen molar-refractivity contribution in [1.29, 1.82) is 0 Å². The molecule has 140 valence electrons. The number of carboxylic acid groups (broad SMARTS) is 1. The van der Waals surface area contributed by atoms with Gasteiger partial charge in [-0.15, -0.1) is 0 Å². The maximum Gasteiger partial charge on any atom is 0.330 e. The first-order valence-electron chi connectivity index (χ1n) is 7.72. The van der Waals surface area contributed by atoms with Crippen LogP contribution >= 0.6 is 0 Å². The number of aryl methyl sites for hydroxylation is 2. The zero-order valence-electron chi connectivity index (χ0n) is 14.8. The zero-order valence-corrected chi connectivity index (χ0v) is 15.6. The van der Waals surface area contributed by atoms with E-state index in [1.165, 1.54) is 14.0 Å². The van der Waals surface area contributed by atoms with E-state index in [0.717, 1.165) is 17.2 Å². The van der Waals surface area contributed by atoms with Crippen molar-refractivity contribution in [2.24, 2.45) is 0 Å². The minimum atomic E-state index is -3.86. The molecular formula is C17H20N2O6S. The zero-order chi connectivity index (χ0) is 19.6. The summed E-state index contributed by atoms with van der Waals surface area (Å²) < 4.78 is 30.8. The molecule has 1 atom stereocenters. The standard InChI is InChI=1S/C17H20N2O6S/c1-9-6-5-7-12(10(9)2)15(17(21)22)19-16(20)13-8-14(25-11(13)3)26(23,24)18-4/h5-8,15,18H,1-4H3,(H,19,20)(H,21,22). The molecule has 1 heterocycles. The number of carboxylic acids is 1. The Hall–Kier alpha value is -2.65. The molecule has 2 rings (SSSR count). The molecule has 1 aromatic heterocycles. The molecule has 9 heteroatoms. The van der Waals surface area contributed by atoms with Gasteiger partial charge in [-0.2, -0.15) is 0 Å². The Kier molecular flexibility index (Phi) is 5.53. The molecule has 1 aromatic carbocycles. The highest BCUT2D eigenvalue weighted by Gasteiger charge is 2.28. The number of aliphatic carboxylic acids is 1. The molecule has 0 spiro atoms. The van der Waals surface area contributed by atoms with Gasteiger partial charge in [0.1, 0.15) is 5.76 Å². The van der Waals surface area contributed by atoms with Gasteiger partial charge in [-0.1, -0.05) is 18.2 Å². The van der Waals surface area contributed by atoms with E-state index in [2.05, 4.69) is 10.0 Å². The summed E-state index contributed by atoms with van der Waals surface area (Å²) in [6, 6.07) is 4.97. The first-order valence-corrected chi connectivity index (χ1v) is 9.20. The van der Waals surface area contributed by atoms with Crippen LogP contribution in [0.15, 0.2) is 33.8 Å². The van der Waals surface area contributed by atoms with Crippen molar-refractivity contribution in [2.45, 2.75) is 31.9 Å². The number of nitrogens with one attached hydrogen (secondary N) is 2. The van der Waals surface area contributed by atoms with E-state index in [4.69, 9.17) is 4.42 Å². The van der Waals surface area contributed by atoms with Crippen molar-refractivity contribution in [2.75, 3.05) is 7.05 Å². The number of rotatable bonds is 6. The van der Waals surface area contributed by atoms with Gasteiger partial charge in [0.2, 0.25) is 5.09 Å². The van der Waals surface area contributed by atoms with Crippen molar-refractivity contribution in [1.82, 2.24) is 10.0 Å². The van der Waals surface area contributed by atoms with Crippen molar-refractivity contribution in [3.05, 3.63) is 52.3 Å². The molecule has 0 saturated heterocycles. The van der Waals surface area contributed by atoms with E-state index in [0.29, 0.717) is 5.56 Å². The average Bonchev–Trinajstić information content (AvgIpc) is 2.98. The SMILES string of the molecule is CNS(=O)(=O)c1cc(C(=O)NC(C(=O)O)c2cccc(C)c2C)c(C)o1. The molecule has 0 aliphatic rings. The smallest absolute Gasteiger partial charge is 0.330 e. The van der Waals surface area contributed by atoms with Gasteiger partial charge in [0.15, 0.2) is 6.04 Å². The largest absolute Gasteiger partial charge is 0.479 e. The van der Waals surface area contributed by atoms with Crippen molar-refractivity contribution in [3.8, 4) is 0 Å². The molecule has 1 amide bonds. The third-order valence-electron chi connectivity index (χ3n) is 4.15. The third kappa shape index (κ3) is 3.78. The molecule has 1 unspecified atom stereocenters. The van der Waals surface area contributed by atoms with E-state index in [1.54, 1.807) is 19.1 Å². The van der Waals surface area contributed by atoms with Crippen LogP contribution in [0, 0.1) is 20.8 Å². The van der Waals surface area contributed by atoms with Crippen LogP contribution in [-0.2, 0) is 14.8 Å². The molecule has 8 nitrogen and oxygen atoms in total. The van der Waals surface area contributed by atoms with Crippen LogP contribution in [0.4, 0.5) is 0 Å². The number of carbonyl (C=O) groups excluding carboxylic acids is 1. The fraction of sp³-hybridized carbons (Fsp3) is 0.294. The van der Waals surface area contributed by atoms with Gasteiger partial charge in [0.05, 0.1) is 5.56 Å². The van der Waals surface area contributed by atoms with E-state index >= 15 is 0 Å². The van der Waals surface area contributed by atoms with Crippen molar-refractivity contribution < 1.29 is 27.5 Å². The van der Waals surface area contributed by atoms with Gasteiger partial charge in [-0.25, -0.2) is 17.9 Å². The van der Waals surface area contributed by atoms with Gasteiger partial charge in [0.25, 0.3) is 15.9 Å². The van der Waals surface area contributed by atoms with Crippen LogP contribution in [-0.4, -0.2) is 32.4 Å². The van der Waals surface area contributed by atoms with E-state index in [9.17, 15) is 23.1 Å². The number of carbonyl (C=O) groups is 2. The third-order valence-corrected chi connectivity index (χ3v) is 5.42. The Balaban J connectivity index is 2.38. The summed E-state index contributed by atoms with van der Waals surface area (Å²) in [5.74, 6) is -1.89. The summed E-state index contributed by atoms with van der Waals surface area (Å²) in [4.78, 5) is 24.2.